The minimum Gasteiger partial charge on any atom is -0.493 e. The molecule has 0 aliphatic rings. The Kier molecular flexibility index (Phi) is 6.78. The second-order valence-electron chi connectivity index (χ2n) is 6.18. The number of carbonyl (C=O) groups is 2. The average molecular weight is 403 g/mol. The zero-order chi connectivity index (χ0) is 21.3. The van der Waals surface area contributed by atoms with Crippen molar-refractivity contribution >= 4 is 23.7 Å². The van der Waals surface area contributed by atoms with Crippen LogP contribution in [0.4, 0.5) is 5.69 Å². The molecule has 3 aromatic rings. The molecule has 0 aliphatic heterocycles. The highest BCUT2D eigenvalue weighted by Crippen LogP contribution is 2.28. The lowest BCUT2D eigenvalue weighted by molar-refractivity contribution is 0.0956. The molecule has 0 fully saturated rings. The molecule has 2 amide bonds. The van der Waals surface area contributed by atoms with Crippen LogP contribution in [0.1, 0.15) is 26.3 Å². The van der Waals surface area contributed by atoms with Gasteiger partial charge in [0.2, 0.25) is 0 Å². The third-order valence-electron chi connectivity index (χ3n) is 4.24. The molecule has 0 aromatic heterocycles. The van der Waals surface area contributed by atoms with Crippen molar-refractivity contribution in [3.63, 3.8) is 0 Å². The largest absolute Gasteiger partial charge is 0.493 e. The smallest absolute Gasteiger partial charge is 0.273 e. The summed E-state index contributed by atoms with van der Waals surface area (Å²) in [5.74, 6) is 0.130. The van der Waals surface area contributed by atoms with Crippen LogP contribution in [-0.4, -0.2) is 32.2 Å². The fraction of sp³-hybridized carbons (Fsp3) is 0.0870. The van der Waals surface area contributed by atoms with Crippen molar-refractivity contribution in [3.05, 3.63) is 89.5 Å². The lowest BCUT2D eigenvalue weighted by Gasteiger charge is -2.12. The van der Waals surface area contributed by atoms with Crippen LogP contribution in [0.15, 0.2) is 77.9 Å². The van der Waals surface area contributed by atoms with E-state index in [9.17, 15) is 9.59 Å². The molecule has 152 valence electrons. The van der Waals surface area contributed by atoms with E-state index in [0.717, 1.165) is 5.56 Å². The zero-order valence-corrected chi connectivity index (χ0v) is 16.6. The summed E-state index contributed by atoms with van der Waals surface area (Å²) < 4.78 is 10.4. The van der Waals surface area contributed by atoms with Crippen molar-refractivity contribution in [2.45, 2.75) is 0 Å². The summed E-state index contributed by atoms with van der Waals surface area (Å²) in [6.45, 7) is 0. The number of nitrogens with one attached hydrogen (secondary N) is 2. The van der Waals surface area contributed by atoms with Crippen LogP contribution in [0.5, 0.6) is 11.5 Å². The monoisotopic (exact) mass is 403 g/mol. The molecule has 0 atom stereocenters. The summed E-state index contributed by atoms with van der Waals surface area (Å²) in [5.41, 5.74) is 4.35. The van der Waals surface area contributed by atoms with Gasteiger partial charge in [-0.2, -0.15) is 5.10 Å². The zero-order valence-electron chi connectivity index (χ0n) is 16.6. The predicted octanol–water partition coefficient (Wildman–Crippen LogP) is 3.72. The summed E-state index contributed by atoms with van der Waals surface area (Å²) in [7, 11) is 3.02. The summed E-state index contributed by atoms with van der Waals surface area (Å²) in [4.78, 5) is 25.2. The van der Waals surface area contributed by atoms with Crippen LogP contribution < -0.4 is 20.2 Å². The Hall–Kier alpha value is -4.13. The van der Waals surface area contributed by atoms with Crippen LogP contribution in [0.2, 0.25) is 0 Å². The van der Waals surface area contributed by atoms with E-state index in [1.54, 1.807) is 48.7 Å². The highest BCUT2D eigenvalue weighted by atomic mass is 16.5. The first-order chi connectivity index (χ1) is 14.6. The van der Waals surface area contributed by atoms with Gasteiger partial charge >= 0.3 is 0 Å². The number of hydrogen-bond acceptors (Lipinski definition) is 5. The van der Waals surface area contributed by atoms with Crippen molar-refractivity contribution in [1.82, 2.24) is 5.43 Å². The van der Waals surface area contributed by atoms with Crippen molar-refractivity contribution in [2.75, 3.05) is 19.5 Å². The van der Waals surface area contributed by atoms with Gasteiger partial charge in [-0.3, -0.25) is 9.59 Å². The first-order valence-electron chi connectivity index (χ1n) is 9.13. The molecule has 7 heteroatoms. The van der Waals surface area contributed by atoms with E-state index >= 15 is 0 Å². The maximum atomic E-state index is 12.7. The van der Waals surface area contributed by atoms with Crippen LogP contribution in [-0.2, 0) is 0 Å². The number of hydrogen-bond donors (Lipinski definition) is 2. The maximum Gasteiger partial charge on any atom is 0.273 e. The van der Waals surface area contributed by atoms with Gasteiger partial charge in [-0.15, -0.1) is 0 Å². The molecule has 3 rings (SSSR count). The SMILES string of the molecule is COc1ccc(C(=O)Nc2ccccc2C(=O)N/N=C/c2ccccc2)cc1OC. The molecule has 0 aliphatic carbocycles. The number of benzene rings is 3. The van der Waals surface area contributed by atoms with E-state index in [-0.39, 0.29) is 11.5 Å². The Balaban J connectivity index is 1.74. The van der Waals surface area contributed by atoms with Gasteiger partial charge < -0.3 is 14.8 Å². The molecule has 0 heterocycles. The highest BCUT2D eigenvalue weighted by molar-refractivity contribution is 6.09. The molecule has 0 radical (unpaired) electrons. The number of hydrazone groups is 1. The van der Waals surface area contributed by atoms with Gasteiger partial charge in [0.25, 0.3) is 11.8 Å². The van der Waals surface area contributed by atoms with E-state index < -0.39 is 5.91 Å². The molecular weight excluding hydrogens is 382 g/mol. The van der Waals surface area contributed by atoms with Gasteiger partial charge in [-0.05, 0) is 35.9 Å². The van der Waals surface area contributed by atoms with Gasteiger partial charge in [0, 0.05) is 5.56 Å². The molecule has 0 saturated carbocycles. The lowest BCUT2D eigenvalue weighted by Crippen LogP contribution is -2.21. The van der Waals surface area contributed by atoms with E-state index in [2.05, 4.69) is 15.8 Å². The van der Waals surface area contributed by atoms with E-state index in [1.807, 2.05) is 30.3 Å². The Bertz CT molecular complexity index is 1070. The second-order valence-corrected chi connectivity index (χ2v) is 6.18. The molecule has 30 heavy (non-hydrogen) atoms. The number of amides is 2. The average Bonchev–Trinajstić information content (AvgIpc) is 2.79. The maximum absolute atomic E-state index is 12.7. The van der Waals surface area contributed by atoms with E-state index in [1.165, 1.54) is 14.2 Å². The molecule has 2 N–H and O–H groups in total. The number of para-hydroxylation sites is 1. The van der Waals surface area contributed by atoms with Crippen molar-refractivity contribution < 1.29 is 19.1 Å². The number of ether oxygens (including phenoxy) is 2. The summed E-state index contributed by atoms with van der Waals surface area (Å²) in [6.07, 6.45) is 1.54. The van der Waals surface area contributed by atoms with Gasteiger partial charge in [0.1, 0.15) is 0 Å². The summed E-state index contributed by atoms with van der Waals surface area (Å²) >= 11 is 0. The normalized spacial score (nSPS) is 10.5. The fourth-order valence-electron chi connectivity index (χ4n) is 2.73. The Morgan fingerprint density at radius 2 is 1.53 bits per heavy atom. The molecule has 7 nitrogen and oxygen atoms in total. The minimum atomic E-state index is -0.439. The second kappa shape index (κ2) is 9.88. The van der Waals surface area contributed by atoms with Crippen molar-refractivity contribution in [3.8, 4) is 11.5 Å². The number of anilines is 1. The summed E-state index contributed by atoms with van der Waals surface area (Å²) in [6, 6.07) is 20.9. The highest BCUT2D eigenvalue weighted by Gasteiger charge is 2.15. The van der Waals surface area contributed by atoms with Crippen LogP contribution in [0, 0.1) is 0 Å². The Labute approximate surface area is 174 Å². The van der Waals surface area contributed by atoms with Gasteiger partial charge in [0.15, 0.2) is 11.5 Å². The third kappa shape index (κ3) is 5.02. The number of methoxy groups -OCH3 is 2. The van der Waals surface area contributed by atoms with Gasteiger partial charge in [0.05, 0.1) is 31.7 Å². The van der Waals surface area contributed by atoms with E-state index in [0.29, 0.717) is 22.7 Å². The number of nitrogens with zero attached hydrogens (tertiary/aromatic N) is 1. The first kappa shape index (κ1) is 20.6. The molecule has 0 bridgehead atoms. The van der Waals surface area contributed by atoms with Crippen molar-refractivity contribution in [2.24, 2.45) is 5.10 Å². The van der Waals surface area contributed by atoms with Crippen LogP contribution >= 0.6 is 0 Å². The lowest BCUT2D eigenvalue weighted by atomic mass is 10.1. The van der Waals surface area contributed by atoms with Gasteiger partial charge in [-0.25, -0.2) is 5.43 Å². The van der Waals surface area contributed by atoms with E-state index in [4.69, 9.17) is 9.47 Å². The Morgan fingerprint density at radius 3 is 2.27 bits per heavy atom. The quantitative estimate of drug-likeness (QED) is 0.465. The molecule has 0 spiro atoms. The van der Waals surface area contributed by atoms with Crippen LogP contribution in [0.25, 0.3) is 0 Å². The number of carbonyl (C=O) groups excluding carboxylic acids is 2. The van der Waals surface area contributed by atoms with Gasteiger partial charge in [-0.1, -0.05) is 42.5 Å². The third-order valence-corrected chi connectivity index (χ3v) is 4.24. The van der Waals surface area contributed by atoms with Crippen molar-refractivity contribution in [1.29, 1.82) is 0 Å². The topological polar surface area (TPSA) is 89.0 Å². The standard InChI is InChI=1S/C23H21N3O4/c1-29-20-13-12-17(14-21(20)30-2)22(27)25-19-11-7-6-10-18(19)23(28)26-24-15-16-8-4-3-5-9-16/h3-15H,1-2H3,(H,25,27)(H,26,28)/b24-15+. The van der Waals surface area contributed by atoms with Crippen LogP contribution in [0.3, 0.4) is 0 Å². The fourth-order valence-corrected chi connectivity index (χ4v) is 2.73. The Morgan fingerprint density at radius 1 is 0.833 bits per heavy atom. The predicted molar refractivity (Wildman–Crippen MR) is 115 cm³/mol. The minimum absolute atomic E-state index is 0.288. The molecule has 0 unspecified atom stereocenters. The number of rotatable bonds is 7. The molecule has 0 saturated heterocycles. The molecular formula is C23H21N3O4. The first-order valence-corrected chi connectivity index (χ1v) is 9.13. The summed E-state index contributed by atoms with van der Waals surface area (Å²) in [5, 5.41) is 6.73. The molecule has 3 aromatic carbocycles.